The highest BCUT2D eigenvalue weighted by Gasteiger charge is 2.35. The van der Waals surface area contributed by atoms with Crippen LogP contribution in [-0.2, 0) is 32.6 Å². The Hall–Kier alpha value is -3.85. The van der Waals surface area contributed by atoms with Crippen LogP contribution in [-0.4, -0.2) is 43.8 Å². The van der Waals surface area contributed by atoms with Gasteiger partial charge in [0.1, 0.15) is 12.6 Å². The maximum Gasteiger partial charge on any atom is 0.264 e. The average molecular weight is 653 g/mol. The Balaban J connectivity index is 1.80. The predicted molar refractivity (Wildman–Crippen MR) is 176 cm³/mol. The van der Waals surface area contributed by atoms with Gasteiger partial charge in [0.2, 0.25) is 11.8 Å². The van der Waals surface area contributed by atoms with E-state index in [1.54, 1.807) is 66.7 Å². The third kappa shape index (κ3) is 8.40. The number of anilines is 1. The number of sulfonamides is 1. The highest BCUT2D eigenvalue weighted by Crippen LogP contribution is 2.27. The first-order valence-electron chi connectivity index (χ1n) is 14.3. The first-order valence-corrected chi connectivity index (χ1v) is 16.5. The van der Waals surface area contributed by atoms with Gasteiger partial charge in [0.15, 0.2) is 0 Å². The maximum absolute atomic E-state index is 14.4. The summed E-state index contributed by atoms with van der Waals surface area (Å²) in [6, 6.07) is 29.7. The number of hydrogen-bond donors (Lipinski definition) is 1. The summed E-state index contributed by atoms with van der Waals surface area (Å²) in [6.45, 7) is 3.31. The fourth-order valence-corrected chi connectivity index (χ4v) is 6.43. The average Bonchev–Trinajstić information content (AvgIpc) is 3.04. The molecule has 0 saturated carbocycles. The minimum Gasteiger partial charge on any atom is -0.352 e. The zero-order valence-electron chi connectivity index (χ0n) is 24.6. The molecule has 0 bridgehead atoms. The largest absolute Gasteiger partial charge is 0.352 e. The van der Waals surface area contributed by atoms with Crippen LogP contribution in [0.4, 0.5) is 5.69 Å². The second-order valence-electron chi connectivity index (χ2n) is 10.5. The maximum atomic E-state index is 14.4. The molecule has 0 aliphatic heterocycles. The predicted octanol–water partition coefficient (Wildman–Crippen LogP) is 6.74. The Morgan fingerprint density at radius 3 is 1.98 bits per heavy atom. The number of amides is 2. The molecule has 0 aromatic heterocycles. The SMILES string of the molecule is CCC(C)NC(=O)C(Cc1ccccc1)N(Cc1ccc(Cl)c(Cl)c1)C(=O)CN(c1ccccc1)S(=O)(=O)c1ccccc1. The van der Waals surface area contributed by atoms with Gasteiger partial charge in [0, 0.05) is 19.0 Å². The molecule has 44 heavy (non-hydrogen) atoms. The van der Waals surface area contributed by atoms with Gasteiger partial charge in [-0.2, -0.15) is 0 Å². The topological polar surface area (TPSA) is 86.8 Å². The molecule has 7 nitrogen and oxygen atoms in total. The van der Waals surface area contributed by atoms with E-state index in [-0.39, 0.29) is 29.8 Å². The number of carbonyl (C=O) groups is 2. The van der Waals surface area contributed by atoms with Crippen LogP contribution in [0.2, 0.25) is 10.0 Å². The van der Waals surface area contributed by atoms with Gasteiger partial charge in [-0.3, -0.25) is 13.9 Å². The number of halogens is 2. The van der Waals surface area contributed by atoms with Gasteiger partial charge >= 0.3 is 0 Å². The van der Waals surface area contributed by atoms with Crippen LogP contribution >= 0.6 is 23.2 Å². The van der Waals surface area contributed by atoms with E-state index in [0.717, 1.165) is 9.87 Å². The van der Waals surface area contributed by atoms with Crippen LogP contribution in [0, 0.1) is 0 Å². The number of rotatable bonds is 13. The summed E-state index contributed by atoms with van der Waals surface area (Å²) in [5.41, 5.74) is 1.81. The van der Waals surface area contributed by atoms with Crippen molar-refractivity contribution in [2.24, 2.45) is 0 Å². The summed E-state index contributed by atoms with van der Waals surface area (Å²) in [5.74, 6) is -0.895. The second kappa shape index (κ2) is 15.2. The number of nitrogens with one attached hydrogen (secondary N) is 1. The van der Waals surface area contributed by atoms with Crippen molar-refractivity contribution < 1.29 is 18.0 Å². The third-order valence-electron chi connectivity index (χ3n) is 7.26. The molecule has 0 aliphatic rings. The zero-order chi connectivity index (χ0) is 31.7. The molecule has 4 aromatic carbocycles. The Labute approximate surface area is 269 Å². The number of hydrogen-bond acceptors (Lipinski definition) is 4. The van der Waals surface area contributed by atoms with E-state index in [1.807, 2.05) is 44.2 Å². The van der Waals surface area contributed by atoms with Gasteiger partial charge in [-0.1, -0.05) is 103 Å². The van der Waals surface area contributed by atoms with E-state index in [0.29, 0.717) is 27.7 Å². The monoisotopic (exact) mass is 651 g/mol. The molecule has 0 radical (unpaired) electrons. The normalized spacial score (nSPS) is 12.6. The van der Waals surface area contributed by atoms with Crippen molar-refractivity contribution in [3.63, 3.8) is 0 Å². The summed E-state index contributed by atoms with van der Waals surface area (Å²) >= 11 is 12.5. The van der Waals surface area contributed by atoms with E-state index in [1.165, 1.54) is 17.0 Å². The van der Waals surface area contributed by atoms with Crippen molar-refractivity contribution >= 4 is 50.7 Å². The number of carbonyl (C=O) groups excluding carboxylic acids is 2. The van der Waals surface area contributed by atoms with E-state index in [4.69, 9.17) is 23.2 Å². The molecule has 2 atom stereocenters. The molecule has 2 amide bonds. The highest BCUT2D eigenvalue weighted by molar-refractivity contribution is 7.92. The molecule has 2 unspecified atom stereocenters. The molecule has 4 aromatic rings. The molecule has 0 heterocycles. The third-order valence-corrected chi connectivity index (χ3v) is 9.79. The number of benzene rings is 4. The lowest BCUT2D eigenvalue weighted by Gasteiger charge is -2.34. The lowest BCUT2D eigenvalue weighted by molar-refractivity contribution is -0.140. The van der Waals surface area contributed by atoms with Crippen molar-refractivity contribution in [2.45, 2.75) is 50.2 Å². The van der Waals surface area contributed by atoms with Crippen molar-refractivity contribution in [3.05, 3.63) is 130 Å². The summed E-state index contributed by atoms with van der Waals surface area (Å²) in [4.78, 5) is 29.8. The van der Waals surface area contributed by atoms with Gasteiger partial charge in [-0.05, 0) is 60.9 Å². The van der Waals surface area contributed by atoms with E-state index in [2.05, 4.69) is 5.32 Å². The highest BCUT2D eigenvalue weighted by atomic mass is 35.5. The molecule has 10 heteroatoms. The van der Waals surface area contributed by atoms with Crippen molar-refractivity contribution in [1.29, 1.82) is 0 Å². The molecule has 0 saturated heterocycles. The van der Waals surface area contributed by atoms with Crippen LogP contribution in [0.25, 0.3) is 0 Å². The molecule has 0 spiro atoms. The van der Waals surface area contributed by atoms with Crippen LogP contribution < -0.4 is 9.62 Å². The first-order chi connectivity index (χ1) is 21.1. The van der Waals surface area contributed by atoms with E-state index in [9.17, 15) is 18.0 Å². The molecule has 230 valence electrons. The van der Waals surface area contributed by atoms with Crippen LogP contribution in [0.3, 0.4) is 0 Å². The molecule has 0 aliphatic carbocycles. The van der Waals surface area contributed by atoms with Gasteiger partial charge < -0.3 is 10.2 Å². The van der Waals surface area contributed by atoms with Gasteiger partial charge in [0.05, 0.1) is 20.6 Å². The molecule has 1 N–H and O–H groups in total. The molecule has 4 rings (SSSR count). The standard InChI is InChI=1S/C34H35Cl2N3O4S/c1-3-25(2)37-34(41)32(22-26-13-7-4-8-14-26)38(23-27-19-20-30(35)31(36)21-27)33(40)24-39(28-15-9-5-10-16-28)44(42,43)29-17-11-6-12-18-29/h4-21,25,32H,3,22-24H2,1-2H3,(H,37,41). The van der Waals surface area contributed by atoms with Gasteiger partial charge in [-0.15, -0.1) is 0 Å². The lowest BCUT2D eigenvalue weighted by Crippen LogP contribution is -2.54. The Morgan fingerprint density at radius 2 is 1.39 bits per heavy atom. The molecule has 0 fully saturated rings. The first kappa shape index (κ1) is 33.1. The van der Waals surface area contributed by atoms with Crippen LogP contribution in [0.15, 0.2) is 114 Å². The summed E-state index contributed by atoms with van der Waals surface area (Å²) in [7, 11) is -4.15. The number of para-hydroxylation sites is 1. The van der Waals surface area contributed by atoms with Crippen LogP contribution in [0.5, 0.6) is 0 Å². The van der Waals surface area contributed by atoms with Crippen LogP contribution in [0.1, 0.15) is 31.4 Å². The van der Waals surface area contributed by atoms with E-state index >= 15 is 0 Å². The summed E-state index contributed by atoms with van der Waals surface area (Å²) in [5, 5.41) is 3.68. The lowest BCUT2D eigenvalue weighted by atomic mass is 10.0. The van der Waals surface area contributed by atoms with Gasteiger partial charge in [-0.25, -0.2) is 8.42 Å². The number of nitrogens with zero attached hydrogens (tertiary/aromatic N) is 2. The molecular formula is C34H35Cl2N3O4S. The summed E-state index contributed by atoms with van der Waals surface area (Å²) < 4.78 is 29.0. The fourth-order valence-electron chi connectivity index (χ4n) is 4.67. The zero-order valence-corrected chi connectivity index (χ0v) is 26.9. The fraction of sp³-hybridized carbons (Fsp3) is 0.235. The minimum absolute atomic E-state index is 0.00480. The second-order valence-corrected chi connectivity index (χ2v) is 13.1. The Kier molecular flexibility index (Phi) is 11.4. The van der Waals surface area contributed by atoms with Crippen molar-refractivity contribution in [3.8, 4) is 0 Å². The van der Waals surface area contributed by atoms with Crippen molar-refractivity contribution in [1.82, 2.24) is 10.2 Å². The quantitative estimate of drug-likeness (QED) is 0.173. The minimum atomic E-state index is -4.15. The smallest absolute Gasteiger partial charge is 0.264 e. The van der Waals surface area contributed by atoms with E-state index < -0.39 is 28.5 Å². The Morgan fingerprint density at radius 1 is 0.795 bits per heavy atom. The Bertz CT molecular complexity index is 1660. The van der Waals surface area contributed by atoms with Crippen molar-refractivity contribution in [2.75, 3.05) is 10.8 Å². The molecular weight excluding hydrogens is 617 g/mol. The summed E-state index contributed by atoms with van der Waals surface area (Å²) in [6.07, 6.45) is 0.911. The van der Waals surface area contributed by atoms with Gasteiger partial charge in [0.25, 0.3) is 10.0 Å².